The van der Waals surface area contributed by atoms with Gasteiger partial charge in [-0.3, -0.25) is 4.79 Å². The van der Waals surface area contributed by atoms with E-state index in [0.29, 0.717) is 12.5 Å². The minimum absolute atomic E-state index is 0.112. The van der Waals surface area contributed by atoms with Crippen LogP contribution in [0.4, 0.5) is 0 Å². The molecule has 0 radical (unpaired) electrons. The zero-order valence-corrected chi connectivity index (χ0v) is 11.9. The Bertz CT molecular complexity index is 369. The number of carbonyl (C=O) groups excluding carboxylic acids is 1. The van der Waals surface area contributed by atoms with Crippen LogP contribution in [0.5, 0.6) is 0 Å². The molecule has 1 aromatic rings. The molecule has 18 heavy (non-hydrogen) atoms. The summed E-state index contributed by atoms with van der Waals surface area (Å²) in [7, 11) is 0. The average Bonchev–Trinajstić information content (AvgIpc) is 2.70. The Morgan fingerprint density at radius 3 is 2.61 bits per heavy atom. The maximum absolute atomic E-state index is 11.6. The van der Waals surface area contributed by atoms with Crippen molar-refractivity contribution in [1.29, 1.82) is 0 Å². The molecule has 0 unspecified atom stereocenters. The van der Waals surface area contributed by atoms with E-state index in [1.165, 1.54) is 5.69 Å². The van der Waals surface area contributed by atoms with E-state index in [1.54, 1.807) is 0 Å². The second kappa shape index (κ2) is 7.21. The average molecular weight is 251 g/mol. The summed E-state index contributed by atoms with van der Waals surface area (Å²) < 4.78 is 2.13. The first-order chi connectivity index (χ1) is 8.49. The molecule has 0 bridgehead atoms. The van der Waals surface area contributed by atoms with Gasteiger partial charge in [-0.25, -0.2) is 0 Å². The van der Waals surface area contributed by atoms with E-state index in [4.69, 9.17) is 0 Å². The van der Waals surface area contributed by atoms with E-state index in [9.17, 15) is 4.79 Å². The van der Waals surface area contributed by atoms with Crippen LogP contribution in [0.3, 0.4) is 0 Å². The highest BCUT2D eigenvalue weighted by molar-refractivity contribution is 5.76. The van der Waals surface area contributed by atoms with Gasteiger partial charge in [-0.1, -0.05) is 13.8 Å². The van der Waals surface area contributed by atoms with Gasteiger partial charge >= 0.3 is 0 Å². The lowest BCUT2D eigenvalue weighted by Gasteiger charge is -2.13. The van der Waals surface area contributed by atoms with Gasteiger partial charge < -0.3 is 15.2 Å². The number of amides is 1. The molecule has 1 rings (SSSR count). The molecule has 0 aliphatic heterocycles. The zero-order valence-electron chi connectivity index (χ0n) is 11.9. The molecule has 4 heteroatoms. The van der Waals surface area contributed by atoms with E-state index in [2.05, 4.69) is 35.1 Å². The molecule has 1 amide bonds. The normalized spacial score (nSPS) is 11.2. The number of rotatable bonds is 7. The topological polar surface area (TPSA) is 46.1 Å². The summed E-state index contributed by atoms with van der Waals surface area (Å²) in [5, 5.41) is 6.29. The molecule has 2 N–H and O–H groups in total. The van der Waals surface area contributed by atoms with Crippen molar-refractivity contribution in [3.05, 3.63) is 24.0 Å². The van der Waals surface area contributed by atoms with Crippen molar-refractivity contribution in [2.75, 3.05) is 0 Å². The van der Waals surface area contributed by atoms with Crippen molar-refractivity contribution >= 4 is 5.91 Å². The number of aromatic nitrogens is 1. The first kappa shape index (κ1) is 14.8. The van der Waals surface area contributed by atoms with Crippen molar-refractivity contribution in [3.8, 4) is 0 Å². The summed E-state index contributed by atoms with van der Waals surface area (Å²) >= 11 is 0. The van der Waals surface area contributed by atoms with E-state index in [1.807, 2.05) is 26.1 Å². The third kappa shape index (κ3) is 5.36. The van der Waals surface area contributed by atoms with Crippen molar-refractivity contribution in [1.82, 2.24) is 15.2 Å². The maximum Gasteiger partial charge on any atom is 0.221 e. The molecule has 0 aliphatic rings. The third-order valence-electron chi connectivity index (χ3n) is 2.64. The first-order valence-corrected chi connectivity index (χ1v) is 6.65. The molecule has 0 aromatic carbocycles. The quantitative estimate of drug-likeness (QED) is 0.777. The SMILES string of the molecule is CC(C)NCc1cccn1CCC(=O)NC(C)C. The molecule has 1 aromatic heterocycles. The summed E-state index contributed by atoms with van der Waals surface area (Å²) in [5.74, 6) is 0.112. The van der Waals surface area contributed by atoms with E-state index in [-0.39, 0.29) is 11.9 Å². The van der Waals surface area contributed by atoms with Gasteiger partial charge in [-0.05, 0) is 26.0 Å². The molecule has 4 nitrogen and oxygen atoms in total. The molecule has 0 fully saturated rings. The molecule has 0 aliphatic carbocycles. The lowest BCUT2D eigenvalue weighted by Crippen LogP contribution is -2.31. The van der Waals surface area contributed by atoms with Crippen LogP contribution in [0.1, 0.15) is 39.8 Å². The van der Waals surface area contributed by atoms with Crippen LogP contribution >= 0.6 is 0 Å². The predicted octanol–water partition coefficient (Wildman–Crippen LogP) is 1.90. The Morgan fingerprint density at radius 2 is 2.00 bits per heavy atom. The summed E-state index contributed by atoms with van der Waals surface area (Å²) in [4.78, 5) is 11.6. The summed E-state index contributed by atoms with van der Waals surface area (Å²) in [6.45, 7) is 9.79. The van der Waals surface area contributed by atoms with Crippen LogP contribution in [-0.2, 0) is 17.9 Å². The number of hydrogen-bond acceptors (Lipinski definition) is 2. The molecular formula is C14H25N3O. The Labute approximate surface area is 110 Å². The van der Waals surface area contributed by atoms with E-state index < -0.39 is 0 Å². The minimum Gasteiger partial charge on any atom is -0.354 e. The van der Waals surface area contributed by atoms with Gasteiger partial charge in [0, 0.05) is 43.5 Å². The molecule has 0 saturated carbocycles. The number of hydrogen-bond donors (Lipinski definition) is 2. The number of nitrogens with zero attached hydrogens (tertiary/aromatic N) is 1. The lowest BCUT2D eigenvalue weighted by atomic mass is 10.3. The smallest absolute Gasteiger partial charge is 0.221 e. The highest BCUT2D eigenvalue weighted by Crippen LogP contribution is 2.04. The molecule has 0 spiro atoms. The van der Waals surface area contributed by atoms with Gasteiger partial charge in [-0.15, -0.1) is 0 Å². The number of carbonyl (C=O) groups is 1. The molecule has 102 valence electrons. The van der Waals surface area contributed by atoms with Gasteiger partial charge in [0.1, 0.15) is 0 Å². The summed E-state index contributed by atoms with van der Waals surface area (Å²) in [5.41, 5.74) is 1.22. The largest absolute Gasteiger partial charge is 0.354 e. The summed E-state index contributed by atoms with van der Waals surface area (Å²) in [6, 6.07) is 4.80. The maximum atomic E-state index is 11.6. The van der Waals surface area contributed by atoms with E-state index in [0.717, 1.165) is 13.1 Å². The second-order valence-corrected chi connectivity index (χ2v) is 5.20. The van der Waals surface area contributed by atoms with Crippen LogP contribution in [0.2, 0.25) is 0 Å². The first-order valence-electron chi connectivity index (χ1n) is 6.65. The van der Waals surface area contributed by atoms with Crippen molar-refractivity contribution in [2.24, 2.45) is 0 Å². The van der Waals surface area contributed by atoms with Gasteiger partial charge in [0.05, 0.1) is 0 Å². The lowest BCUT2D eigenvalue weighted by molar-refractivity contribution is -0.121. The van der Waals surface area contributed by atoms with Crippen LogP contribution < -0.4 is 10.6 Å². The fraction of sp³-hybridized carbons (Fsp3) is 0.643. The Balaban J connectivity index is 2.42. The molecule has 0 atom stereocenters. The fourth-order valence-corrected chi connectivity index (χ4v) is 1.75. The van der Waals surface area contributed by atoms with Crippen LogP contribution in [0, 0.1) is 0 Å². The number of aryl methyl sites for hydroxylation is 1. The molecule has 0 saturated heterocycles. The minimum atomic E-state index is 0.112. The van der Waals surface area contributed by atoms with E-state index >= 15 is 0 Å². The fourth-order valence-electron chi connectivity index (χ4n) is 1.75. The van der Waals surface area contributed by atoms with Crippen LogP contribution in [-0.4, -0.2) is 22.6 Å². The number of nitrogens with one attached hydrogen (secondary N) is 2. The third-order valence-corrected chi connectivity index (χ3v) is 2.64. The van der Waals surface area contributed by atoms with Crippen LogP contribution in [0.25, 0.3) is 0 Å². The second-order valence-electron chi connectivity index (χ2n) is 5.20. The van der Waals surface area contributed by atoms with Gasteiger partial charge in [0.2, 0.25) is 5.91 Å². The van der Waals surface area contributed by atoms with Gasteiger partial charge in [0.25, 0.3) is 0 Å². The standard InChI is InChI=1S/C14H25N3O/c1-11(2)15-10-13-6-5-8-17(13)9-7-14(18)16-12(3)4/h5-6,8,11-12,15H,7,9-10H2,1-4H3,(H,16,18). The van der Waals surface area contributed by atoms with Gasteiger partial charge in [-0.2, -0.15) is 0 Å². The molecular weight excluding hydrogens is 226 g/mol. The Hall–Kier alpha value is -1.29. The van der Waals surface area contributed by atoms with Crippen molar-refractivity contribution in [2.45, 2.75) is 59.3 Å². The van der Waals surface area contributed by atoms with Crippen molar-refractivity contribution in [3.63, 3.8) is 0 Å². The van der Waals surface area contributed by atoms with Gasteiger partial charge in [0.15, 0.2) is 0 Å². The van der Waals surface area contributed by atoms with Crippen molar-refractivity contribution < 1.29 is 4.79 Å². The van der Waals surface area contributed by atoms with Crippen LogP contribution in [0.15, 0.2) is 18.3 Å². The Morgan fingerprint density at radius 1 is 1.28 bits per heavy atom. The summed E-state index contributed by atoms with van der Waals surface area (Å²) in [6.07, 6.45) is 2.56. The predicted molar refractivity (Wildman–Crippen MR) is 74.3 cm³/mol. The molecule has 1 heterocycles. The Kier molecular flexibility index (Phi) is 5.92. The highest BCUT2D eigenvalue weighted by Gasteiger charge is 2.06. The zero-order chi connectivity index (χ0) is 13.5. The monoisotopic (exact) mass is 251 g/mol. The highest BCUT2D eigenvalue weighted by atomic mass is 16.1.